The molecule has 1 amide bonds. The number of halogens is 1. The van der Waals surface area contributed by atoms with Crippen molar-refractivity contribution in [2.24, 2.45) is 0 Å². The molecule has 0 aliphatic heterocycles. The second kappa shape index (κ2) is 8.24. The van der Waals surface area contributed by atoms with Gasteiger partial charge in [0.25, 0.3) is 0 Å². The Hall–Kier alpha value is -2.23. The van der Waals surface area contributed by atoms with E-state index in [1.54, 1.807) is 6.07 Å². The maximum Gasteiger partial charge on any atom is 0.242 e. The molecule has 0 saturated carbocycles. The van der Waals surface area contributed by atoms with Crippen LogP contribution in [0.4, 0.5) is 5.69 Å². The monoisotopic (exact) mass is 367 g/mol. The van der Waals surface area contributed by atoms with Crippen molar-refractivity contribution in [3.05, 3.63) is 95.0 Å². The fourth-order valence-electron chi connectivity index (χ4n) is 2.46. The predicted molar refractivity (Wildman–Crippen MR) is 106 cm³/mol. The van der Waals surface area contributed by atoms with E-state index in [0.29, 0.717) is 5.02 Å². The van der Waals surface area contributed by atoms with Crippen molar-refractivity contribution >= 4 is 35.0 Å². The number of thioether (sulfide) groups is 1. The Bertz CT molecular complexity index is 852. The molecule has 0 unspecified atom stereocenters. The van der Waals surface area contributed by atoms with E-state index in [1.165, 1.54) is 11.8 Å². The van der Waals surface area contributed by atoms with Crippen LogP contribution in [0.5, 0.6) is 0 Å². The van der Waals surface area contributed by atoms with Gasteiger partial charge in [-0.2, -0.15) is 0 Å². The number of benzene rings is 3. The lowest BCUT2D eigenvalue weighted by Crippen LogP contribution is -2.19. The summed E-state index contributed by atoms with van der Waals surface area (Å²) in [6.07, 6.45) is 0. The lowest BCUT2D eigenvalue weighted by atomic mass is 10.1. The maximum absolute atomic E-state index is 13.0. The normalized spacial score (nSPS) is 11.8. The van der Waals surface area contributed by atoms with Crippen molar-refractivity contribution in [3.8, 4) is 0 Å². The van der Waals surface area contributed by atoms with E-state index < -0.39 is 0 Å². The van der Waals surface area contributed by atoms with Crippen LogP contribution in [0, 0.1) is 6.92 Å². The van der Waals surface area contributed by atoms with Gasteiger partial charge in [-0.3, -0.25) is 4.79 Å². The number of carbonyl (C=O) groups is 1. The van der Waals surface area contributed by atoms with Gasteiger partial charge in [-0.1, -0.05) is 66.2 Å². The minimum Gasteiger partial charge on any atom is -0.325 e. The van der Waals surface area contributed by atoms with Crippen molar-refractivity contribution in [2.45, 2.75) is 17.1 Å². The third kappa shape index (κ3) is 4.65. The highest BCUT2D eigenvalue weighted by molar-refractivity contribution is 8.00. The van der Waals surface area contributed by atoms with Crippen molar-refractivity contribution < 1.29 is 4.79 Å². The van der Waals surface area contributed by atoms with E-state index in [9.17, 15) is 4.79 Å². The molecule has 2 nitrogen and oxygen atoms in total. The standard InChI is InChI=1S/C21H18ClNOS/c1-15-12-13-17(22)14-19(15)23-21(24)20(16-8-4-2-5-9-16)25-18-10-6-3-7-11-18/h2-14,20H,1H3,(H,23,24)/t20-/m0/s1. The largest absolute Gasteiger partial charge is 0.325 e. The molecular weight excluding hydrogens is 350 g/mol. The van der Waals surface area contributed by atoms with Gasteiger partial charge in [-0.15, -0.1) is 11.8 Å². The zero-order chi connectivity index (χ0) is 17.6. The van der Waals surface area contributed by atoms with Gasteiger partial charge in [0.15, 0.2) is 0 Å². The average molecular weight is 368 g/mol. The van der Waals surface area contributed by atoms with Crippen LogP contribution in [-0.4, -0.2) is 5.91 Å². The molecule has 0 spiro atoms. The average Bonchev–Trinajstić information content (AvgIpc) is 2.64. The Morgan fingerprint density at radius 3 is 2.28 bits per heavy atom. The summed E-state index contributed by atoms with van der Waals surface area (Å²) in [4.78, 5) is 14.1. The number of nitrogens with one attached hydrogen (secondary N) is 1. The molecule has 0 radical (unpaired) electrons. The predicted octanol–water partition coefficient (Wildman–Crippen LogP) is 6.12. The molecular formula is C21H18ClNOS. The van der Waals surface area contributed by atoms with Crippen molar-refractivity contribution in [1.82, 2.24) is 0 Å². The third-order valence-corrected chi connectivity index (χ3v) is 5.30. The zero-order valence-corrected chi connectivity index (χ0v) is 15.3. The van der Waals surface area contributed by atoms with Crippen LogP contribution in [0.1, 0.15) is 16.4 Å². The van der Waals surface area contributed by atoms with Crippen LogP contribution in [0.2, 0.25) is 5.02 Å². The fraction of sp³-hybridized carbons (Fsp3) is 0.0952. The molecule has 4 heteroatoms. The zero-order valence-electron chi connectivity index (χ0n) is 13.8. The van der Waals surface area contributed by atoms with Gasteiger partial charge in [0.1, 0.15) is 5.25 Å². The molecule has 0 aliphatic rings. The first kappa shape index (κ1) is 17.6. The molecule has 1 N–H and O–H groups in total. The Labute approximate surface area is 157 Å². The minimum atomic E-state index is -0.345. The Balaban J connectivity index is 1.88. The van der Waals surface area contributed by atoms with Crippen LogP contribution in [0.15, 0.2) is 83.8 Å². The molecule has 3 rings (SSSR count). The molecule has 1 atom stereocenters. The maximum atomic E-state index is 13.0. The lowest BCUT2D eigenvalue weighted by molar-refractivity contribution is -0.115. The number of anilines is 1. The molecule has 0 bridgehead atoms. The molecule has 0 fully saturated rings. The minimum absolute atomic E-state index is 0.0644. The third-order valence-electron chi connectivity index (χ3n) is 3.80. The molecule has 0 saturated heterocycles. The Morgan fingerprint density at radius 2 is 1.60 bits per heavy atom. The topological polar surface area (TPSA) is 29.1 Å². The first-order valence-corrected chi connectivity index (χ1v) is 9.23. The first-order valence-electron chi connectivity index (χ1n) is 7.97. The summed E-state index contributed by atoms with van der Waals surface area (Å²) in [7, 11) is 0. The van der Waals surface area contributed by atoms with Crippen molar-refractivity contribution in [2.75, 3.05) is 5.32 Å². The van der Waals surface area contributed by atoms with Crippen LogP contribution in [0.25, 0.3) is 0 Å². The van der Waals surface area contributed by atoms with Crippen molar-refractivity contribution in [1.29, 1.82) is 0 Å². The van der Waals surface area contributed by atoms with Crippen LogP contribution in [-0.2, 0) is 4.79 Å². The lowest BCUT2D eigenvalue weighted by Gasteiger charge is -2.18. The molecule has 3 aromatic rings. The molecule has 3 aromatic carbocycles. The van der Waals surface area contributed by atoms with Crippen LogP contribution < -0.4 is 5.32 Å². The van der Waals surface area contributed by atoms with E-state index in [2.05, 4.69) is 5.32 Å². The van der Waals surface area contributed by atoms with Crippen LogP contribution >= 0.6 is 23.4 Å². The van der Waals surface area contributed by atoms with Gasteiger partial charge < -0.3 is 5.32 Å². The summed E-state index contributed by atoms with van der Waals surface area (Å²) in [6, 6.07) is 25.3. The quantitative estimate of drug-likeness (QED) is 0.550. The first-order chi connectivity index (χ1) is 12.1. The second-order valence-corrected chi connectivity index (χ2v) is 7.29. The van der Waals surface area contributed by atoms with Gasteiger partial charge in [0.05, 0.1) is 0 Å². The number of amides is 1. The van der Waals surface area contributed by atoms with Crippen LogP contribution in [0.3, 0.4) is 0 Å². The number of aryl methyl sites for hydroxylation is 1. The van der Waals surface area contributed by atoms with E-state index in [0.717, 1.165) is 21.7 Å². The van der Waals surface area contributed by atoms with E-state index in [4.69, 9.17) is 11.6 Å². The summed E-state index contributed by atoms with van der Waals surface area (Å²) in [6.45, 7) is 1.95. The smallest absolute Gasteiger partial charge is 0.242 e. The molecule has 0 heterocycles. The highest BCUT2D eigenvalue weighted by atomic mass is 35.5. The molecule has 25 heavy (non-hydrogen) atoms. The van der Waals surface area contributed by atoms with E-state index >= 15 is 0 Å². The second-order valence-electron chi connectivity index (χ2n) is 5.67. The number of hydrogen-bond donors (Lipinski definition) is 1. The number of carbonyl (C=O) groups excluding carboxylic acids is 1. The summed E-state index contributed by atoms with van der Waals surface area (Å²) in [5, 5.41) is 3.28. The number of hydrogen-bond acceptors (Lipinski definition) is 2. The fourth-order valence-corrected chi connectivity index (χ4v) is 3.68. The van der Waals surface area contributed by atoms with Gasteiger partial charge in [-0.25, -0.2) is 0 Å². The molecule has 0 aromatic heterocycles. The van der Waals surface area contributed by atoms with Gasteiger partial charge in [0.2, 0.25) is 5.91 Å². The SMILES string of the molecule is Cc1ccc(Cl)cc1NC(=O)[C@@H](Sc1ccccc1)c1ccccc1. The highest BCUT2D eigenvalue weighted by Gasteiger charge is 2.22. The van der Waals surface area contributed by atoms with Crippen molar-refractivity contribution in [3.63, 3.8) is 0 Å². The van der Waals surface area contributed by atoms with E-state index in [-0.39, 0.29) is 11.2 Å². The Morgan fingerprint density at radius 1 is 0.960 bits per heavy atom. The van der Waals surface area contributed by atoms with Gasteiger partial charge >= 0.3 is 0 Å². The molecule has 0 aliphatic carbocycles. The summed E-state index contributed by atoms with van der Waals surface area (Å²) >= 11 is 7.60. The van der Waals surface area contributed by atoms with Gasteiger partial charge in [-0.05, 0) is 42.3 Å². The summed E-state index contributed by atoms with van der Waals surface area (Å²) < 4.78 is 0. The number of rotatable bonds is 5. The Kier molecular flexibility index (Phi) is 5.79. The molecule has 126 valence electrons. The summed E-state index contributed by atoms with van der Waals surface area (Å²) in [5.74, 6) is -0.0644. The summed E-state index contributed by atoms with van der Waals surface area (Å²) in [5.41, 5.74) is 2.69. The van der Waals surface area contributed by atoms with Gasteiger partial charge in [0, 0.05) is 15.6 Å². The van der Waals surface area contributed by atoms with E-state index in [1.807, 2.05) is 79.7 Å². The highest BCUT2D eigenvalue weighted by Crippen LogP contribution is 2.36.